The zero-order valence-electron chi connectivity index (χ0n) is 9.66. The molecule has 2 N–H and O–H groups in total. The van der Waals surface area contributed by atoms with Crippen LogP contribution in [0.25, 0.3) is 0 Å². The minimum Gasteiger partial charge on any atom is -0.435 e. The number of halogens is 2. The maximum atomic E-state index is 12.0. The molecule has 0 saturated carbocycles. The van der Waals surface area contributed by atoms with Crippen molar-refractivity contribution in [2.45, 2.75) is 19.1 Å². The van der Waals surface area contributed by atoms with Crippen LogP contribution in [0.3, 0.4) is 0 Å². The summed E-state index contributed by atoms with van der Waals surface area (Å²) in [4.78, 5) is 11.9. The lowest BCUT2D eigenvalue weighted by Crippen LogP contribution is -2.36. The molecule has 1 saturated heterocycles. The number of nitrogens with one attached hydrogen (secondary N) is 2. The van der Waals surface area contributed by atoms with E-state index in [9.17, 15) is 13.6 Å². The molecule has 18 heavy (non-hydrogen) atoms. The van der Waals surface area contributed by atoms with Crippen LogP contribution in [-0.2, 0) is 0 Å². The smallest absolute Gasteiger partial charge is 0.387 e. The average Bonchev–Trinajstić information content (AvgIpc) is 2.81. The van der Waals surface area contributed by atoms with Gasteiger partial charge in [0, 0.05) is 18.2 Å². The summed E-state index contributed by atoms with van der Waals surface area (Å²) in [6.45, 7) is -1.28. The van der Waals surface area contributed by atoms with Crippen LogP contribution in [-0.4, -0.2) is 31.7 Å². The number of carbonyl (C=O) groups excluding carboxylic acids is 1. The van der Waals surface area contributed by atoms with Gasteiger partial charge in [0.1, 0.15) is 5.75 Å². The minimum atomic E-state index is -2.89. The Kier molecular flexibility index (Phi) is 4.09. The van der Waals surface area contributed by atoms with Crippen LogP contribution >= 0.6 is 0 Å². The molecule has 4 nitrogen and oxygen atoms in total. The lowest BCUT2D eigenvalue weighted by molar-refractivity contribution is -0.0498. The molecule has 1 atom stereocenters. The van der Waals surface area contributed by atoms with Crippen LogP contribution < -0.4 is 15.4 Å². The third-order valence-corrected chi connectivity index (χ3v) is 2.72. The molecule has 0 aliphatic carbocycles. The van der Waals surface area contributed by atoms with Crippen LogP contribution in [0, 0.1) is 0 Å². The fraction of sp³-hybridized carbons (Fsp3) is 0.417. The molecule has 0 aromatic heterocycles. The molecule has 1 aliphatic heterocycles. The van der Waals surface area contributed by atoms with Crippen molar-refractivity contribution in [1.82, 2.24) is 10.6 Å². The van der Waals surface area contributed by atoms with Gasteiger partial charge >= 0.3 is 6.61 Å². The quantitative estimate of drug-likeness (QED) is 0.855. The van der Waals surface area contributed by atoms with E-state index in [-0.39, 0.29) is 17.7 Å². The zero-order chi connectivity index (χ0) is 13.0. The Balaban J connectivity index is 2.00. The van der Waals surface area contributed by atoms with Crippen molar-refractivity contribution in [2.24, 2.45) is 0 Å². The third kappa shape index (κ3) is 3.40. The predicted octanol–water partition coefficient (Wildman–Crippen LogP) is 1.38. The molecule has 6 heteroatoms. The molecule has 1 heterocycles. The first kappa shape index (κ1) is 12.8. The number of benzene rings is 1. The molecule has 1 amide bonds. The van der Waals surface area contributed by atoms with Gasteiger partial charge in [-0.3, -0.25) is 4.79 Å². The predicted molar refractivity (Wildman–Crippen MR) is 61.8 cm³/mol. The molecule has 1 aromatic rings. The number of hydrogen-bond donors (Lipinski definition) is 2. The van der Waals surface area contributed by atoms with E-state index in [2.05, 4.69) is 15.4 Å². The van der Waals surface area contributed by atoms with Gasteiger partial charge in [0.05, 0.1) is 0 Å². The standard InChI is InChI=1S/C12H14F2N2O2/c13-12(14)18-10-3-1-2-8(6-10)11(17)16-9-4-5-15-7-9/h1-3,6,9,12,15H,4-5,7H2,(H,16,17). The topological polar surface area (TPSA) is 50.4 Å². The Labute approximate surface area is 103 Å². The van der Waals surface area contributed by atoms with Gasteiger partial charge in [-0.1, -0.05) is 6.07 Å². The molecule has 2 rings (SSSR count). The van der Waals surface area contributed by atoms with Gasteiger partial charge in [-0.25, -0.2) is 0 Å². The number of ether oxygens (including phenoxy) is 1. The van der Waals surface area contributed by atoms with Gasteiger partial charge in [0.25, 0.3) is 5.91 Å². The Morgan fingerprint density at radius 3 is 3.00 bits per heavy atom. The molecule has 0 spiro atoms. The Bertz CT molecular complexity index is 420. The molecular formula is C12H14F2N2O2. The summed E-state index contributed by atoms with van der Waals surface area (Å²) in [6.07, 6.45) is 0.874. The van der Waals surface area contributed by atoms with Crippen molar-refractivity contribution in [3.8, 4) is 5.75 Å². The SMILES string of the molecule is O=C(NC1CCNC1)c1cccc(OC(F)F)c1. The first-order valence-corrected chi connectivity index (χ1v) is 5.71. The van der Waals surface area contributed by atoms with Gasteiger partial charge in [0.15, 0.2) is 0 Å². The summed E-state index contributed by atoms with van der Waals surface area (Å²) in [7, 11) is 0. The lowest BCUT2D eigenvalue weighted by Gasteiger charge is -2.12. The maximum absolute atomic E-state index is 12.0. The Morgan fingerprint density at radius 2 is 2.33 bits per heavy atom. The summed E-state index contributed by atoms with van der Waals surface area (Å²) in [5.41, 5.74) is 0.319. The van der Waals surface area contributed by atoms with Crippen LogP contribution in [0.15, 0.2) is 24.3 Å². The molecule has 1 aliphatic rings. The lowest BCUT2D eigenvalue weighted by atomic mass is 10.2. The first-order valence-electron chi connectivity index (χ1n) is 5.71. The van der Waals surface area contributed by atoms with E-state index in [1.807, 2.05) is 0 Å². The number of carbonyl (C=O) groups is 1. The largest absolute Gasteiger partial charge is 0.435 e. The van der Waals surface area contributed by atoms with Crippen molar-refractivity contribution >= 4 is 5.91 Å². The van der Waals surface area contributed by atoms with Crippen molar-refractivity contribution in [2.75, 3.05) is 13.1 Å². The number of alkyl halides is 2. The summed E-state index contributed by atoms with van der Waals surface area (Å²) >= 11 is 0. The molecular weight excluding hydrogens is 242 g/mol. The second-order valence-electron chi connectivity index (χ2n) is 4.07. The van der Waals surface area contributed by atoms with Gasteiger partial charge in [0.2, 0.25) is 0 Å². The van der Waals surface area contributed by atoms with Gasteiger partial charge in [-0.05, 0) is 31.2 Å². The zero-order valence-corrected chi connectivity index (χ0v) is 9.66. The molecule has 1 fully saturated rings. The highest BCUT2D eigenvalue weighted by Gasteiger charge is 2.17. The Hall–Kier alpha value is -1.69. The van der Waals surface area contributed by atoms with E-state index in [1.165, 1.54) is 18.2 Å². The van der Waals surface area contributed by atoms with Crippen LogP contribution in [0.2, 0.25) is 0 Å². The summed E-state index contributed by atoms with van der Waals surface area (Å²) in [6, 6.07) is 5.87. The molecule has 1 unspecified atom stereocenters. The second-order valence-corrected chi connectivity index (χ2v) is 4.07. The van der Waals surface area contributed by atoms with Gasteiger partial charge in [-0.15, -0.1) is 0 Å². The number of hydrogen-bond acceptors (Lipinski definition) is 3. The minimum absolute atomic E-state index is 0.0119. The maximum Gasteiger partial charge on any atom is 0.387 e. The van der Waals surface area contributed by atoms with Crippen molar-refractivity contribution in [3.05, 3.63) is 29.8 Å². The average molecular weight is 256 g/mol. The highest BCUT2D eigenvalue weighted by Crippen LogP contribution is 2.16. The monoisotopic (exact) mass is 256 g/mol. The van der Waals surface area contributed by atoms with Crippen LogP contribution in [0.4, 0.5) is 8.78 Å². The summed E-state index contributed by atoms with van der Waals surface area (Å²) < 4.78 is 28.3. The van der Waals surface area contributed by atoms with E-state index >= 15 is 0 Å². The fourth-order valence-corrected chi connectivity index (χ4v) is 1.86. The van der Waals surface area contributed by atoms with Crippen molar-refractivity contribution < 1.29 is 18.3 Å². The molecule has 98 valence electrons. The van der Waals surface area contributed by atoms with E-state index in [1.54, 1.807) is 6.07 Å². The summed E-state index contributed by atoms with van der Waals surface area (Å²) in [5.74, 6) is -0.286. The normalized spacial score (nSPS) is 18.9. The third-order valence-electron chi connectivity index (χ3n) is 2.72. The van der Waals surface area contributed by atoms with Crippen molar-refractivity contribution in [3.63, 3.8) is 0 Å². The fourth-order valence-electron chi connectivity index (χ4n) is 1.86. The second kappa shape index (κ2) is 5.77. The van der Waals surface area contributed by atoms with Crippen LogP contribution in [0.1, 0.15) is 16.8 Å². The van der Waals surface area contributed by atoms with E-state index < -0.39 is 6.61 Å². The van der Waals surface area contributed by atoms with E-state index in [4.69, 9.17) is 0 Å². The number of amides is 1. The molecule has 0 radical (unpaired) electrons. The van der Waals surface area contributed by atoms with Gasteiger partial charge in [-0.2, -0.15) is 8.78 Å². The highest BCUT2D eigenvalue weighted by molar-refractivity contribution is 5.94. The van der Waals surface area contributed by atoms with E-state index in [0.29, 0.717) is 5.56 Å². The summed E-state index contributed by atoms with van der Waals surface area (Å²) in [5, 5.41) is 5.96. The van der Waals surface area contributed by atoms with Gasteiger partial charge < -0.3 is 15.4 Å². The van der Waals surface area contributed by atoms with E-state index in [0.717, 1.165) is 19.5 Å². The highest BCUT2D eigenvalue weighted by atomic mass is 19.3. The molecule has 0 bridgehead atoms. The van der Waals surface area contributed by atoms with Crippen molar-refractivity contribution in [1.29, 1.82) is 0 Å². The number of rotatable bonds is 4. The van der Waals surface area contributed by atoms with Crippen LogP contribution in [0.5, 0.6) is 5.75 Å². The molecule has 1 aromatic carbocycles. The Morgan fingerprint density at radius 1 is 1.50 bits per heavy atom. The first-order chi connectivity index (χ1) is 8.65.